The lowest BCUT2D eigenvalue weighted by Gasteiger charge is -2.38. The van der Waals surface area contributed by atoms with Crippen molar-refractivity contribution in [2.75, 3.05) is 18.0 Å². The van der Waals surface area contributed by atoms with E-state index in [1.807, 2.05) is 19.9 Å². The van der Waals surface area contributed by atoms with E-state index in [0.717, 1.165) is 36.5 Å². The molecule has 1 saturated heterocycles. The zero-order chi connectivity index (χ0) is 27.7. The van der Waals surface area contributed by atoms with Gasteiger partial charge < -0.3 is 19.6 Å². The maximum absolute atomic E-state index is 13.6. The van der Waals surface area contributed by atoms with Gasteiger partial charge in [0.15, 0.2) is 0 Å². The first kappa shape index (κ1) is 25.3. The van der Waals surface area contributed by atoms with Crippen LogP contribution in [0.3, 0.4) is 0 Å². The van der Waals surface area contributed by atoms with Gasteiger partial charge in [-0.3, -0.25) is 4.98 Å². The molecule has 1 unspecified atom stereocenters. The molecular weight excluding hydrogens is 512 g/mol. The molecule has 7 rings (SSSR count). The molecule has 1 N–H and O–H groups in total. The standard InChI is InChI=1S/C29H34N6O5/c1-16-14-22-21(30-18(16)3)10-7-12-32(22)15-17(2)40-31-23-20-11-13-33-28(37)34(19-8-5-4-6-9-19)29(38)35(33)24(20)25(36)27-26(23)39-27/h4-6,8-9,14,17,20,24-27,36H,7,10-13,15H2,1-3H3/t17?,20-,24-,25+,26-,27+/m1/s1. The Bertz CT molecular complexity index is 1610. The molecular formula is C29H34N6O5. The van der Waals surface area contributed by atoms with Gasteiger partial charge in [-0.2, -0.15) is 0 Å². The molecule has 0 spiro atoms. The summed E-state index contributed by atoms with van der Waals surface area (Å²) in [7, 11) is 0. The highest BCUT2D eigenvalue weighted by atomic mass is 16.6. The predicted molar refractivity (Wildman–Crippen MR) is 148 cm³/mol. The summed E-state index contributed by atoms with van der Waals surface area (Å²) in [5.41, 5.74) is 4.86. The monoisotopic (exact) mass is 546 g/mol. The van der Waals surface area contributed by atoms with Crippen LogP contribution in [0.25, 0.3) is 5.69 Å². The molecule has 11 nitrogen and oxygen atoms in total. The normalized spacial score (nSPS) is 28.4. The van der Waals surface area contributed by atoms with Gasteiger partial charge in [-0.25, -0.2) is 23.5 Å². The molecule has 11 heteroatoms. The minimum Gasteiger partial charge on any atom is -0.391 e. The van der Waals surface area contributed by atoms with Crippen LogP contribution in [0.1, 0.15) is 42.8 Å². The second-order valence-corrected chi connectivity index (χ2v) is 11.4. The third-order valence-corrected chi connectivity index (χ3v) is 8.82. The van der Waals surface area contributed by atoms with Gasteiger partial charge in [0.05, 0.1) is 35.4 Å². The Hall–Kier alpha value is -3.70. The quantitative estimate of drug-likeness (QED) is 0.382. The largest absolute Gasteiger partial charge is 0.391 e. The number of hydrogen-bond acceptors (Lipinski definition) is 8. The van der Waals surface area contributed by atoms with Crippen LogP contribution < -0.4 is 16.3 Å². The molecule has 1 aromatic carbocycles. The van der Waals surface area contributed by atoms with Gasteiger partial charge >= 0.3 is 11.4 Å². The zero-order valence-electron chi connectivity index (χ0n) is 22.9. The minimum absolute atomic E-state index is 0.203. The highest BCUT2D eigenvalue weighted by Gasteiger charge is 2.61. The Morgan fingerprint density at radius 1 is 1.18 bits per heavy atom. The summed E-state index contributed by atoms with van der Waals surface area (Å²) in [6.07, 6.45) is 0.636. The number of rotatable bonds is 5. The van der Waals surface area contributed by atoms with Gasteiger partial charge in [0.25, 0.3) is 0 Å². The number of para-hydroxylation sites is 1. The van der Waals surface area contributed by atoms with E-state index in [4.69, 9.17) is 14.6 Å². The van der Waals surface area contributed by atoms with Crippen molar-refractivity contribution in [3.05, 3.63) is 74.3 Å². The molecule has 1 saturated carbocycles. The Balaban J connectivity index is 1.15. The minimum atomic E-state index is -0.925. The molecule has 3 aliphatic heterocycles. The molecule has 5 heterocycles. The van der Waals surface area contributed by atoms with Crippen LogP contribution in [0.15, 0.2) is 51.1 Å². The summed E-state index contributed by atoms with van der Waals surface area (Å²) in [6.45, 7) is 8.07. The average Bonchev–Trinajstić information content (AvgIpc) is 3.70. The van der Waals surface area contributed by atoms with E-state index in [1.54, 1.807) is 24.3 Å². The van der Waals surface area contributed by atoms with Crippen molar-refractivity contribution in [1.29, 1.82) is 0 Å². The van der Waals surface area contributed by atoms with Crippen molar-refractivity contribution >= 4 is 11.4 Å². The number of aliphatic hydroxyl groups excluding tert-OH is 1. The van der Waals surface area contributed by atoms with Crippen LogP contribution >= 0.6 is 0 Å². The second-order valence-electron chi connectivity index (χ2n) is 11.4. The molecule has 0 radical (unpaired) electrons. The van der Waals surface area contributed by atoms with Gasteiger partial charge in [-0.05, 0) is 63.8 Å². The van der Waals surface area contributed by atoms with E-state index >= 15 is 0 Å². The smallest absolute Gasteiger partial charge is 0.352 e. The third kappa shape index (κ3) is 3.94. The molecule has 2 aromatic heterocycles. The first-order valence-corrected chi connectivity index (χ1v) is 14.1. The van der Waals surface area contributed by atoms with E-state index in [0.29, 0.717) is 30.9 Å². The first-order chi connectivity index (χ1) is 19.3. The van der Waals surface area contributed by atoms with Crippen LogP contribution in [0.4, 0.5) is 5.69 Å². The van der Waals surface area contributed by atoms with Crippen molar-refractivity contribution in [3.63, 3.8) is 0 Å². The van der Waals surface area contributed by atoms with E-state index in [9.17, 15) is 14.7 Å². The van der Waals surface area contributed by atoms with Crippen LogP contribution in [-0.4, -0.2) is 67.2 Å². The highest BCUT2D eigenvalue weighted by molar-refractivity contribution is 5.94. The maximum atomic E-state index is 13.6. The lowest BCUT2D eigenvalue weighted by molar-refractivity contribution is 0.0300. The molecule has 40 heavy (non-hydrogen) atoms. The summed E-state index contributed by atoms with van der Waals surface area (Å²) in [5.74, 6) is -0.278. The number of fused-ring (bicyclic) bond motifs is 5. The number of aryl methyl sites for hydroxylation is 3. The summed E-state index contributed by atoms with van der Waals surface area (Å²) in [6, 6.07) is 10.4. The zero-order valence-corrected chi connectivity index (χ0v) is 22.9. The Labute approximate surface area is 231 Å². The number of ether oxygens (including phenoxy) is 1. The van der Waals surface area contributed by atoms with Crippen LogP contribution in [0.5, 0.6) is 0 Å². The molecule has 6 atom stereocenters. The predicted octanol–water partition coefficient (Wildman–Crippen LogP) is 1.73. The van der Waals surface area contributed by atoms with Gasteiger partial charge in [-0.1, -0.05) is 23.4 Å². The van der Waals surface area contributed by atoms with Gasteiger partial charge in [0.1, 0.15) is 24.4 Å². The number of benzene rings is 1. The Kier molecular flexibility index (Phi) is 5.97. The van der Waals surface area contributed by atoms with Crippen molar-refractivity contribution in [3.8, 4) is 5.69 Å². The summed E-state index contributed by atoms with van der Waals surface area (Å²) in [5, 5.41) is 15.8. The first-order valence-electron chi connectivity index (χ1n) is 14.1. The van der Waals surface area contributed by atoms with Crippen LogP contribution in [0, 0.1) is 19.8 Å². The number of hydrogen-bond donors (Lipinski definition) is 1. The number of aromatic nitrogens is 4. The lowest BCUT2D eigenvalue weighted by Crippen LogP contribution is -2.53. The number of epoxide rings is 1. The number of oxime groups is 1. The van der Waals surface area contributed by atoms with Gasteiger partial charge in [0, 0.05) is 24.7 Å². The Morgan fingerprint density at radius 3 is 2.77 bits per heavy atom. The SMILES string of the molecule is Cc1cc2c(nc1C)CCCN2CC(C)ON=C1[C@H]2CCn3c(=O)n(-c4ccccc4)c(=O)n3[C@H]2[C@H](O)[C@@H]2O[C@H]12. The third-order valence-electron chi connectivity index (χ3n) is 8.82. The molecule has 1 aliphatic carbocycles. The number of anilines is 1. The second kappa shape index (κ2) is 9.45. The molecule has 0 amide bonds. The summed E-state index contributed by atoms with van der Waals surface area (Å²) < 4.78 is 9.85. The van der Waals surface area contributed by atoms with E-state index in [-0.39, 0.29) is 18.1 Å². The van der Waals surface area contributed by atoms with E-state index in [1.165, 1.54) is 19.5 Å². The average molecular weight is 547 g/mol. The lowest BCUT2D eigenvalue weighted by atomic mass is 9.78. The van der Waals surface area contributed by atoms with E-state index in [2.05, 4.69) is 23.0 Å². The maximum Gasteiger partial charge on any atom is 0.352 e. The fourth-order valence-corrected chi connectivity index (χ4v) is 6.68. The van der Waals surface area contributed by atoms with Crippen molar-refractivity contribution in [2.45, 2.75) is 77.0 Å². The summed E-state index contributed by atoms with van der Waals surface area (Å²) in [4.78, 5) is 40.0. The number of nitrogens with zero attached hydrogens (tertiary/aromatic N) is 6. The highest BCUT2D eigenvalue weighted by Crippen LogP contribution is 2.46. The van der Waals surface area contributed by atoms with Crippen molar-refractivity contribution in [1.82, 2.24) is 18.9 Å². The molecule has 210 valence electrons. The van der Waals surface area contributed by atoms with E-state index < -0.39 is 29.6 Å². The van der Waals surface area contributed by atoms with Crippen molar-refractivity contribution < 1.29 is 14.7 Å². The van der Waals surface area contributed by atoms with Gasteiger partial charge in [-0.15, -0.1) is 0 Å². The molecule has 3 aromatic rings. The fourth-order valence-electron chi connectivity index (χ4n) is 6.68. The fraction of sp³-hybridized carbons (Fsp3) is 0.517. The molecule has 2 fully saturated rings. The number of aliphatic hydroxyl groups is 1. The van der Waals surface area contributed by atoms with Crippen LogP contribution in [-0.2, 0) is 22.5 Å². The van der Waals surface area contributed by atoms with Gasteiger partial charge in [0.2, 0.25) is 0 Å². The Morgan fingerprint density at radius 2 is 1.98 bits per heavy atom. The molecule has 4 aliphatic rings. The van der Waals surface area contributed by atoms with Crippen molar-refractivity contribution in [2.24, 2.45) is 11.1 Å². The molecule has 0 bridgehead atoms. The topological polar surface area (TPSA) is 119 Å². The van der Waals surface area contributed by atoms with Crippen LogP contribution in [0.2, 0.25) is 0 Å². The number of pyridine rings is 1. The summed E-state index contributed by atoms with van der Waals surface area (Å²) >= 11 is 0.